The summed E-state index contributed by atoms with van der Waals surface area (Å²) in [6.07, 6.45) is 0. The summed E-state index contributed by atoms with van der Waals surface area (Å²) in [5.74, 6) is -0.704. The molecular formula is C3H7N7O2S. The molecule has 1 aromatic heterocycles. The molecule has 0 aliphatic carbocycles. The van der Waals surface area contributed by atoms with Crippen LogP contribution in [0.25, 0.3) is 0 Å². The molecule has 0 saturated heterocycles. The zero-order valence-electron chi connectivity index (χ0n) is 6.30. The summed E-state index contributed by atoms with van der Waals surface area (Å²) < 4.78 is 22.8. The van der Waals surface area contributed by atoms with E-state index >= 15 is 0 Å². The lowest BCUT2D eigenvalue weighted by atomic mass is 10.8. The fourth-order valence-electron chi connectivity index (χ4n) is 0.582. The van der Waals surface area contributed by atoms with Gasteiger partial charge in [-0.3, -0.25) is 0 Å². The third-order valence-electron chi connectivity index (χ3n) is 0.904. The Morgan fingerprint density at radius 1 is 1.08 bits per heavy atom. The van der Waals surface area contributed by atoms with Crippen LogP contribution in [0.1, 0.15) is 0 Å². The zero-order valence-corrected chi connectivity index (χ0v) is 7.11. The van der Waals surface area contributed by atoms with Crippen LogP contribution >= 0.6 is 0 Å². The van der Waals surface area contributed by atoms with Crippen LogP contribution in [0, 0.1) is 0 Å². The highest BCUT2D eigenvalue weighted by Crippen LogP contribution is 2.03. The number of nitrogens with two attached hydrogens (primary N) is 3. The maximum absolute atomic E-state index is 10.5. The fraction of sp³-hybridized carbons (Fsp3) is 0. The maximum Gasteiger partial charge on any atom is 0.298 e. The number of anilines is 3. The van der Waals surface area contributed by atoms with Crippen molar-refractivity contribution < 1.29 is 8.42 Å². The van der Waals surface area contributed by atoms with Crippen molar-refractivity contribution in [2.75, 3.05) is 16.2 Å². The third kappa shape index (κ3) is 3.04. The first-order chi connectivity index (χ1) is 5.87. The van der Waals surface area contributed by atoms with Crippen LogP contribution in [-0.2, 0) is 10.2 Å². The summed E-state index contributed by atoms with van der Waals surface area (Å²) in [7, 11) is -3.92. The molecule has 72 valence electrons. The smallest absolute Gasteiger partial charge is 0.298 e. The molecule has 0 bridgehead atoms. The normalized spacial score (nSPS) is 11.2. The van der Waals surface area contributed by atoms with Crippen molar-refractivity contribution in [3.8, 4) is 0 Å². The summed E-state index contributed by atoms with van der Waals surface area (Å²) in [5.41, 5.74) is 10.3. The Bertz CT molecular complexity index is 393. The van der Waals surface area contributed by atoms with Crippen molar-refractivity contribution in [1.29, 1.82) is 0 Å². The molecule has 0 aliphatic rings. The molecule has 1 aromatic rings. The van der Waals surface area contributed by atoms with Crippen LogP contribution in [0.3, 0.4) is 0 Å². The largest absolute Gasteiger partial charge is 0.368 e. The highest BCUT2D eigenvalue weighted by molar-refractivity contribution is 7.90. The first kappa shape index (κ1) is 9.41. The molecule has 7 N–H and O–H groups in total. The predicted octanol–water partition coefficient (Wildman–Crippen LogP) is -2.35. The number of hydrogen-bond donors (Lipinski definition) is 4. The van der Waals surface area contributed by atoms with Crippen LogP contribution in [-0.4, -0.2) is 23.4 Å². The zero-order chi connectivity index (χ0) is 10.1. The number of rotatable bonds is 2. The molecule has 0 unspecified atom stereocenters. The molecule has 13 heavy (non-hydrogen) atoms. The van der Waals surface area contributed by atoms with E-state index < -0.39 is 10.2 Å². The highest BCUT2D eigenvalue weighted by atomic mass is 32.2. The molecule has 0 aliphatic heterocycles. The Balaban J connectivity index is 3.03. The highest BCUT2D eigenvalue weighted by Gasteiger charge is 2.06. The van der Waals surface area contributed by atoms with E-state index in [-0.39, 0.29) is 17.8 Å². The monoisotopic (exact) mass is 205 g/mol. The number of hydrogen-bond acceptors (Lipinski definition) is 7. The molecule has 0 amide bonds. The summed E-state index contributed by atoms with van der Waals surface area (Å²) in [4.78, 5) is 10.3. The van der Waals surface area contributed by atoms with Crippen molar-refractivity contribution in [3.63, 3.8) is 0 Å². The number of aromatic nitrogens is 3. The first-order valence-electron chi connectivity index (χ1n) is 2.94. The standard InChI is InChI=1S/C3H7N7O2S/c4-1-7-2(5)9-3(8-1)10-13(6,11)12/h(H2,6,11,12)(H5,4,5,7,8,9,10). The van der Waals surface area contributed by atoms with E-state index in [0.717, 1.165) is 0 Å². The second-order valence-electron chi connectivity index (χ2n) is 2.02. The van der Waals surface area contributed by atoms with E-state index in [1.807, 2.05) is 0 Å². The quantitative estimate of drug-likeness (QED) is 0.419. The van der Waals surface area contributed by atoms with Crippen molar-refractivity contribution in [1.82, 2.24) is 15.0 Å². The second kappa shape index (κ2) is 2.99. The van der Waals surface area contributed by atoms with Crippen molar-refractivity contribution in [3.05, 3.63) is 0 Å². The predicted molar refractivity (Wildman–Crippen MR) is 45.4 cm³/mol. The van der Waals surface area contributed by atoms with Gasteiger partial charge in [0.05, 0.1) is 0 Å². The molecule has 0 atom stereocenters. The molecule has 0 aromatic carbocycles. The van der Waals surface area contributed by atoms with Crippen LogP contribution in [0.2, 0.25) is 0 Å². The summed E-state index contributed by atoms with van der Waals surface area (Å²) in [6.45, 7) is 0. The van der Waals surface area contributed by atoms with E-state index in [2.05, 4.69) is 20.1 Å². The molecule has 0 spiro atoms. The van der Waals surface area contributed by atoms with Gasteiger partial charge in [-0.15, -0.1) is 0 Å². The summed E-state index contributed by atoms with van der Waals surface area (Å²) in [6, 6.07) is 0. The Hall–Kier alpha value is -1.68. The van der Waals surface area contributed by atoms with E-state index in [1.54, 1.807) is 4.72 Å². The van der Waals surface area contributed by atoms with Gasteiger partial charge < -0.3 is 11.5 Å². The van der Waals surface area contributed by atoms with Gasteiger partial charge in [-0.1, -0.05) is 0 Å². The number of nitrogens with zero attached hydrogens (tertiary/aromatic N) is 3. The molecule has 0 fully saturated rings. The van der Waals surface area contributed by atoms with Crippen LogP contribution in [0.4, 0.5) is 17.8 Å². The van der Waals surface area contributed by atoms with E-state index in [0.29, 0.717) is 0 Å². The first-order valence-corrected chi connectivity index (χ1v) is 4.49. The van der Waals surface area contributed by atoms with E-state index in [4.69, 9.17) is 11.5 Å². The van der Waals surface area contributed by atoms with Crippen LogP contribution in [0.5, 0.6) is 0 Å². The average molecular weight is 205 g/mol. The second-order valence-corrected chi connectivity index (χ2v) is 3.32. The molecule has 1 heterocycles. The number of nitrogens with one attached hydrogen (secondary N) is 1. The van der Waals surface area contributed by atoms with Gasteiger partial charge in [0.15, 0.2) is 0 Å². The van der Waals surface area contributed by atoms with Gasteiger partial charge in [-0.2, -0.15) is 23.4 Å². The van der Waals surface area contributed by atoms with Crippen molar-refractivity contribution in [2.45, 2.75) is 0 Å². The van der Waals surface area contributed by atoms with E-state index in [1.165, 1.54) is 0 Å². The minimum atomic E-state index is -3.92. The molecule has 0 saturated carbocycles. The van der Waals surface area contributed by atoms with Crippen LogP contribution < -0.4 is 21.3 Å². The third-order valence-corrected chi connectivity index (χ3v) is 1.37. The SMILES string of the molecule is Nc1nc(N)nc(NS(N)(=O)=O)n1. The maximum atomic E-state index is 10.5. The lowest BCUT2D eigenvalue weighted by Gasteiger charge is -2.01. The van der Waals surface area contributed by atoms with Gasteiger partial charge in [0, 0.05) is 0 Å². The Morgan fingerprint density at radius 3 is 1.92 bits per heavy atom. The summed E-state index contributed by atoms with van der Waals surface area (Å²) in [5, 5.41) is 4.65. The van der Waals surface area contributed by atoms with Gasteiger partial charge in [-0.05, 0) is 0 Å². The molecule has 9 nitrogen and oxygen atoms in total. The Kier molecular flexibility index (Phi) is 2.16. The van der Waals surface area contributed by atoms with Gasteiger partial charge in [-0.25, -0.2) is 9.86 Å². The van der Waals surface area contributed by atoms with Crippen LogP contribution in [0.15, 0.2) is 0 Å². The average Bonchev–Trinajstić information content (AvgIpc) is 1.78. The Labute approximate surface area is 73.6 Å². The van der Waals surface area contributed by atoms with Gasteiger partial charge in [0.25, 0.3) is 10.2 Å². The lowest BCUT2D eigenvalue weighted by Crippen LogP contribution is -2.23. The Morgan fingerprint density at radius 2 is 1.54 bits per heavy atom. The van der Waals surface area contributed by atoms with Gasteiger partial charge in [0.1, 0.15) is 0 Å². The number of nitrogen functional groups attached to an aromatic ring is 2. The molecule has 1 rings (SSSR count). The van der Waals surface area contributed by atoms with Crippen molar-refractivity contribution >= 4 is 28.1 Å². The molecular weight excluding hydrogens is 198 g/mol. The van der Waals surface area contributed by atoms with Gasteiger partial charge >= 0.3 is 0 Å². The minimum Gasteiger partial charge on any atom is -0.368 e. The lowest BCUT2D eigenvalue weighted by molar-refractivity contribution is 0.602. The summed E-state index contributed by atoms with van der Waals surface area (Å²) >= 11 is 0. The fourth-order valence-corrected chi connectivity index (χ4v) is 0.928. The van der Waals surface area contributed by atoms with E-state index in [9.17, 15) is 8.42 Å². The molecule has 0 radical (unpaired) electrons. The topological polar surface area (TPSA) is 163 Å². The van der Waals surface area contributed by atoms with Gasteiger partial charge in [0.2, 0.25) is 17.8 Å². The van der Waals surface area contributed by atoms with Crippen molar-refractivity contribution in [2.24, 2.45) is 5.14 Å². The molecule has 10 heteroatoms. The minimum absolute atomic E-state index is 0.196.